The van der Waals surface area contributed by atoms with Crippen LogP contribution in [0.4, 0.5) is 0 Å². The van der Waals surface area contributed by atoms with Gasteiger partial charge in [-0.05, 0) is 19.4 Å². The maximum absolute atomic E-state index is 12.0. The number of halogens is 1. The summed E-state index contributed by atoms with van der Waals surface area (Å²) in [6.45, 7) is 2.31. The van der Waals surface area contributed by atoms with E-state index in [2.05, 4.69) is 15.6 Å². The van der Waals surface area contributed by atoms with Gasteiger partial charge in [-0.3, -0.25) is 9.59 Å². The van der Waals surface area contributed by atoms with Gasteiger partial charge in [0.05, 0.1) is 17.3 Å². The van der Waals surface area contributed by atoms with E-state index in [1.54, 1.807) is 0 Å². The average Bonchev–Trinajstić information content (AvgIpc) is 3.11. The van der Waals surface area contributed by atoms with E-state index in [9.17, 15) is 9.59 Å². The zero-order chi connectivity index (χ0) is 16.4. The minimum Gasteiger partial charge on any atom is -0.349 e. The lowest BCUT2D eigenvalue weighted by Crippen LogP contribution is -2.41. The second kappa shape index (κ2) is 6.68. The first-order chi connectivity index (χ1) is 11.0. The molecule has 7 heteroatoms. The van der Waals surface area contributed by atoms with E-state index in [0.717, 1.165) is 21.1 Å². The summed E-state index contributed by atoms with van der Waals surface area (Å²) in [6, 6.07) is 7.14. The van der Waals surface area contributed by atoms with Crippen molar-refractivity contribution in [2.24, 2.45) is 0 Å². The fourth-order valence-electron chi connectivity index (χ4n) is 2.44. The van der Waals surface area contributed by atoms with Gasteiger partial charge in [-0.2, -0.15) is 0 Å². The minimum absolute atomic E-state index is 0.0693. The maximum atomic E-state index is 12.0. The second-order valence-electron chi connectivity index (χ2n) is 5.38. The first kappa shape index (κ1) is 16.0. The van der Waals surface area contributed by atoms with Crippen molar-refractivity contribution in [3.05, 3.63) is 39.9 Å². The van der Waals surface area contributed by atoms with Crippen molar-refractivity contribution >= 4 is 34.8 Å². The van der Waals surface area contributed by atoms with Crippen LogP contribution in [0.15, 0.2) is 24.3 Å². The van der Waals surface area contributed by atoms with Gasteiger partial charge in [0, 0.05) is 16.9 Å². The van der Waals surface area contributed by atoms with Crippen LogP contribution in [-0.2, 0) is 16.1 Å². The van der Waals surface area contributed by atoms with E-state index in [4.69, 9.17) is 11.6 Å². The first-order valence-corrected chi connectivity index (χ1v) is 8.52. The molecule has 120 valence electrons. The summed E-state index contributed by atoms with van der Waals surface area (Å²) < 4.78 is 0. The van der Waals surface area contributed by atoms with Gasteiger partial charge >= 0.3 is 0 Å². The molecule has 1 atom stereocenters. The van der Waals surface area contributed by atoms with Crippen LogP contribution in [-0.4, -0.2) is 22.8 Å². The molecule has 1 aromatic carbocycles. The molecular weight excluding hydrogens is 334 g/mol. The van der Waals surface area contributed by atoms with Gasteiger partial charge in [0.25, 0.3) is 0 Å². The normalized spacial score (nSPS) is 17.1. The standard InChI is InChI=1S/C16H16ClN3O2S/c1-9-13(8-18-15(22)12-6-7-14(21)20-12)23-16(19-9)10-4-2-3-5-11(10)17/h2-5,12H,6-8H2,1H3,(H,18,22)(H,20,21). The Morgan fingerprint density at radius 3 is 2.96 bits per heavy atom. The number of nitrogens with one attached hydrogen (secondary N) is 2. The van der Waals surface area contributed by atoms with Crippen LogP contribution >= 0.6 is 22.9 Å². The van der Waals surface area contributed by atoms with Gasteiger partial charge < -0.3 is 10.6 Å². The molecule has 2 N–H and O–H groups in total. The van der Waals surface area contributed by atoms with E-state index >= 15 is 0 Å². The summed E-state index contributed by atoms with van der Waals surface area (Å²) in [6.07, 6.45) is 0.964. The second-order valence-corrected chi connectivity index (χ2v) is 6.87. The van der Waals surface area contributed by atoms with Crippen LogP contribution in [0.2, 0.25) is 5.02 Å². The largest absolute Gasteiger partial charge is 0.349 e. The summed E-state index contributed by atoms with van der Waals surface area (Å²) in [4.78, 5) is 28.7. The number of amides is 2. The number of hydrogen-bond donors (Lipinski definition) is 2. The van der Waals surface area contributed by atoms with E-state index in [1.807, 2.05) is 31.2 Å². The number of rotatable bonds is 4. The lowest BCUT2D eigenvalue weighted by molar-refractivity contribution is -0.125. The molecule has 1 saturated heterocycles. The minimum atomic E-state index is -0.418. The molecule has 0 saturated carbocycles. The van der Waals surface area contributed by atoms with E-state index in [-0.39, 0.29) is 11.8 Å². The highest BCUT2D eigenvalue weighted by Crippen LogP contribution is 2.32. The molecule has 0 radical (unpaired) electrons. The third kappa shape index (κ3) is 3.54. The maximum Gasteiger partial charge on any atom is 0.242 e. The van der Waals surface area contributed by atoms with Gasteiger partial charge in [-0.1, -0.05) is 29.8 Å². The molecular formula is C16H16ClN3O2S. The van der Waals surface area contributed by atoms with Crippen molar-refractivity contribution in [3.8, 4) is 10.6 Å². The summed E-state index contributed by atoms with van der Waals surface area (Å²) in [5.74, 6) is -0.219. The Labute approximate surface area is 143 Å². The molecule has 5 nitrogen and oxygen atoms in total. The fourth-order valence-corrected chi connectivity index (χ4v) is 3.77. The highest BCUT2D eigenvalue weighted by atomic mass is 35.5. The van der Waals surface area contributed by atoms with Crippen molar-refractivity contribution < 1.29 is 9.59 Å². The number of carbonyl (C=O) groups excluding carboxylic acids is 2. The molecule has 0 spiro atoms. The molecule has 1 fully saturated rings. The van der Waals surface area contributed by atoms with E-state index in [0.29, 0.717) is 24.4 Å². The van der Waals surface area contributed by atoms with Gasteiger partial charge in [0.1, 0.15) is 11.0 Å². The van der Waals surface area contributed by atoms with Crippen LogP contribution in [0.5, 0.6) is 0 Å². The van der Waals surface area contributed by atoms with Crippen molar-refractivity contribution in [1.29, 1.82) is 0 Å². The Morgan fingerprint density at radius 2 is 2.26 bits per heavy atom. The SMILES string of the molecule is Cc1nc(-c2ccccc2Cl)sc1CNC(=O)C1CCC(=O)N1. The quantitative estimate of drug-likeness (QED) is 0.891. The lowest BCUT2D eigenvalue weighted by atomic mass is 10.2. The molecule has 0 aliphatic carbocycles. The third-order valence-corrected chi connectivity index (χ3v) is 5.25. The number of thiazole rings is 1. The molecule has 2 aromatic rings. The lowest BCUT2D eigenvalue weighted by Gasteiger charge is -2.10. The Kier molecular flexibility index (Phi) is 4.63. The summed E-state index contributed by atoms with van der Waals surface area (Å²) >= 11 is 7.72. The first-order valence-electron chi connectivity index (χ1n) is 7.33. The van der Waals surface area contributed by atoms with Crippen LogP contribution in [0.25, 0.3) is 10.6 Å². The topological polar surface area (TPSA) is 71.1 Å². The van der Waals surface area contributed by atoms with Crippen molar-refractivity contribution in [2.45, 2.75) is 32.4 Å². The van der Waals surface area contributed by atoms with Crippen LogP contribution in [0, 0.1) is 6.92 Å². The van der Waals surface area contributed by atoms with E-state index < -0.39 is 6.04 Å². The van der Waals surface area contributed by atoms with Crippen molar-refractivity contribution in [2.75, 3.05) is 0 Å². The monoisotopic (exact) mass is 349 g/mol. The van der Waals surface area contributed by atoms with Crippen molar-refractivity contribution in [3.63, 3.8) is 0 Å². The third-order valence-electron chi connectivity index (χ3n) is 3.73. The molecule has 1 aromatic heterocycles. The molecule has 3 rings (SSSR count). The molecule has 2 amide bonds. The molecule has 1 aliphatic rings. The summed E-state index contributed by atoms with van der Waals surface area (Å²) in [5.41, 5.74) is 1.77. The highest BCUT2D eigenvalue weighted by molar-refractivity contribution is 7.15. The van der Waals surface area contributed by atoms with Crippen molar-refractivity contribution in [1.82, 2.24) is 15.6 Å². The Balaban J connectivity index is 1.68. The predicted octanol–water partition coefficient (Wildman–Crippen LogP) is 2.67. The molecule has 1 unspecified atom stereocenters. The Hall–Kier alpha value is -1.92. The molecule has 1 aliphatic heterocycles. The molecule has 0 bridgehead atoms. The van der Waals surface area contributed by atoms with Gasteiger partial charge in [0.15, 0.2) is 0 Å². The van der Waals surface area contributed by atoms with Crippen LogP contribution < -0.4 is 10.6 Å². The van der Waals surface area contributed by atoms with E-state index in [1.165, 1.54) is 11.3 Å². The number of hydrogen-bond acceptors (Lipinski definition) is 4. The Bertz CT molecular complexity index is 760. The fraction of sp³-hybridized carbons (Fsp3) is 0.312. The average molecular weight is 350 g/mol. The summed E-state index contributed by atoms with van der Waals surface area (Å²) in [7, 11) is 0. The predicted molar refractivity (Wildman–Crippen MR) is 90.3 cm³/mol. The van der Waals surface area contributed by atoms with Crippen LogP contribution in [0.3, 0.4) is 0 Å². The number of aromatic nitrogens is 1. The summed E-state index contributed by atoms with van der Waals surface area (Å²) in [5, 5.41) is 7.03. The van der Waals surface area contributed by atoms with Gasteiger partial charge in [-0.15, -0.1) is 11.3 Å². The molecule has 2 heterocycles. The Morgan fingerprint density at radius 1 is 1.48 bits per heavy atom. The van der Waals surface area contributed by atoms with Gasteiger partial charge in [-0.25, -0.2) is 4.98 Å². The zero-order valence-corrected chi connectivity index (χ0v) is 14.1. The smallest absolute Gasteiger partial charge is 0.242 e. The van der Waals surface area contributed by atoms with Gasteiger partial charge in [0.2, 0.25) is 11.8 Å². The number of carbonyl (C=O) groups is 2. The number of aryl methyl sites for hydroxylation is 1. The number of benzene rings is 1. The number of nitrogens with zero attached hydrogens (tertiary/aromatic N) is 1. The van der Waals surface area contributed by atoms with Crippen LogP contribution in [0.1, 0.15) is 23.4 Å². The highest BCUT2D eigenvalue weighted by Gasteiger charge is 2.27. The molecule has 23 heavy (non-hydrogen) atoms. The zero-order valence-electron chi connectivity index (χ0n) is 12.6.